The zero-order valence-electron chi connectivity index (χ0n) is 15.6. The molecule has 2 aromatic carbocycles. The predicted octanol–water partition coefficient (Wildman–Crippen LogP) is 1.89. The number of sulfonamides is 1. The minimum atomic E-state index is -3.51. The Morgan fingerprint density at radius 3 is 2.39 bits per heavy atom. The normalized spacial score (nSPS) is 16.9. The number of nitrogens with one attached hydrogen (secondary N) is 1. The lowest BCUT2D eigenvalue weighted by molar-refractivity contribution is -0.121. The lowest BCUT2D eigenvalue weighted by atomic mass is 10.2. The van der Waals surface area contributed by atoms with Crippen molar-refractivity contribution in [3.8, 4) is 6.07 Å². The number of rotatable bonds is 5. The van der Waals surface area contributed by atoms with Gasteiger partial charge in [0.15, 0.2) is 0 Å². The van der Waals surface area contributed by atoms with E-state index in [0.717, 1.165) is 0 Å². The van der Waals surface area contributed by atoms with Crippen molar-refractivity contribution in [1.82, 2.24) is 9.21 Å². The Morgan fingerprint density at radius 1 is 1.07 bits per heavy atom. The quantitative estimate of drug-likeness (QED) is 0.830. The highest BCUT2D eigenvalue weighted by Gasteiger charge is 2.31. The molecule has 146 valence electrons. The second-order valence-electron chi connectivity index (χ2n) is 6.61. The highest BCUT2D eigenvalue weighted by atomic mass is 32.2. The summed E-state index contributed by atoms with van der Waals surface area (Å²) in [5, 5.41) is 11.8. The molecule has 2 aromatic rings. The molecule has 1 atom stereocenters. The average Bonchev–Trinajstić information content (AvgIpc) is 2.74. The van der Waals surface area contributed by atoms with Gasteiger partial charge in [-0.25, -0.2) is 8.42 Å². The average molecular weight is 398 g/mol. The lowest BCUT2D eigenvalue weighted by Gasteiger charge is -2.36. The van der Waals surface area contributed by atoms with Crippen LogP contribution in [0.5, 0.6) is 0 Å². The van der Waals surface area contributed by atoms with Crippen molar-refractivity contribution < 1.29 is 13.2 Å². The molecule has 0 radical (unpaired) electrons. The number of benzene rings is 2. The summed E-state index contributed by atoms with van der Waals surface area (Å²) in [5.74, 6) is -0.186. The van der Waals surface area contributed by atoms with Crippen molar-refractivity contribution in [2.75, 3.05) is 31.5 Å². The van der Waals surface area contributed by atoms with Crippen LogP contribution in [-0.4, -0.2) is 55.8 Å². The minimum absolute atomic E-state index is 0.186. The molecule has 0 aliphatic carbocycles. The molecule has 0 aromatic heterocycles. The van der Waals surface area contributed by atoms with E-state index in [2.05, 4.69) is 5.32 Å². The van der Waals surface area contributed by atoms with E-state index in [0.29, 0.717) is 37.4 Å². The van der Waals surface area contributed by atoms with Crippen LogP contribution in [0.15, 0.2) is 59.5 Å². The van der Waals surface area contributed by atoms with Gasteiger partial charge in [0.1, 0.15) is 0 Å². The highest BCUT2D eigenvalue weighted by Crippen LogP contribution is 2.18. The molecule has 3 rings (SSSR count). The van der Waals surface area contributed by atoms with Crippen molar-refractivity contribution in [3.63, 3.8) is 0 Å². The third-order valence-corrected chi connectivity index (χ3v) is 6.75. The minimum Gasteiger partial charge on any atom is -0.325 e. The number of nitrogens with zero attached hydrogens (tertiary/aromatic N) is 3. The summed E-state index contributed by atoms with van der Waals surface area (Å²) in [6.07, 6.45) is 0. The fourth-order valence-corrected chi connectivity index (χ4v) is 4.60. The molecule has 1 aliphatic rings. The van der Waals surface area contributed by atoms with Crippen molar-refractivity contribution in [3.05, 3.63) is 60.2 Å². The highest BCUT2D eigenvalue weighted by molar-refractivity contribution is 7.89. The van der Waals surface area contributed by atoms with E-state index >= 15 is 0 Å². The van der Waals surface area contributed by atoms with Crippen LogP contribution in [0.25, 0.3) is 0 Å². The van der Waals surface area contributed by atoms with Gasteiger partial charge in [0.05, 0.1) is 22.6 Å². The van der Waals surface area contributed by atoms with Crippen LogP contribution in [0.3, 0.4) is 0 Å². The van der Waals surface area contributed by atoms with Crippen LogP contribution in [0.1, 0.15) is 12.5 Å². The SMILES string of the molecule is CC(C(=O)Nc1cccc(C#N)c1)N1CCN(S(=O)(=O)c2ccccc2)CC1. The molecule has 1 unspecified atom stereocenters. The summed E-state index contributed by atoms with van der Waals surface area (Å²) in [5.41, 5.74) is 1.05. The first-order valence-electron chi connectivity index (χ1n) is 9.02. The zero-order valence-corrected chi connectivity index (χ0v) is 16.4. The zero-order chi connectivity index (χ0) is 20.1. The number of hydrogen-bond donors (Lipinski definition) is 1. The molecule has 1 heterocycles. The molecular weight excluding hydrogens is 376 g/mol. The van der Waals surface area contributed by atoms with Gasteiger partial charge < -0.3 is 5.32 Å². The molecule has 1 amide bonds. The van der Waals surface area contributed by atoms with Crippen LogP contribution < -0.4 is 5.32 Å². The number of carbonyl (C=O) groups is 1. The van der Waals surface area contributed by atoms with Gasteiger partial charge in [-0.3, -0.25) is 9.69 Å². The molecule has 0 saturated carbocycles. The molecule has 1 aliphatic heterocycles. The van der Waals surface area contributed by atoms with Crippen molar-refractivity contribution >= 4 is 21.6 Å². The van der Waals surface area contributed by atoms with Crippen molar-refractivity contribution in [2.24, 2.45) is 0 Å². The fraction of sp³-hybridized carbons (Fsp3) is 0.300. The summed E-state index contributed by atoms with van der Waals surface area (Å²) in [6, 6.07) is 16.7. The Kier molecular flexibility index (Phi) is 6.09. The van der Waals surface area contributed by atoms with Crippen LogP contribution in [0.2, 0.25) is 0 Å². The standard InChI is InChI=1S/C20H22N4O3S/c1-16(20(25)22-18-7-5-6-17(14-18)15-21)23-10-12-24(13-11-23)28(26,27)19-8-3-2-4-9-19/h2-9,14,16H,10-13H2,1H3,(H,22,25). The van der Waals surface area contributed by atoms with E-state index in [9.17, 15) is 13.2 Å². The Balaban J connectivity index is 1.59. The summed E-state index contributed by atoms with van der Waals surface area (Å²) in [4.78, 5) is 14.8. The predicted molar refractivity (Wildman–Crippen MR) is 106 cm³/mol. The Hall–Kier alpha value is -2.73. The van der Waals surface area contributed by atoms with E-state index in [4.69, 9.17) is 5.26 Å². The topological polar surface area (TPSA) is 93.5 Å². The molecule has 28 heavy (non-hydrogen) atoms. The van der Waals surface area contributed by atoms with Gasteiger partial charge in [0.2, 0.25) is 15.9 Å². The number of anilines is 1. The first-order valence-corrected chi connectivity index (χ1v) is 10.5. The van der Waals surface area contributed by atoms with Gasteiger partial charge in [-0.1, -0.05) is 24.3 Å². The third-order valence-electron chi connectivity index (χ3n) is 4.84. The summed E-state index contributed by atoms with van der Waals surface area (Å²) < 4.78 is 26.9. The monoisotopic (exact) mass is 398 g/mol. The lowest BCUT2D eigenvalue weighted by Crippen LogP contribution is -2.53. The van der Waals surface area contributed by atoms with Crippen LogP contribution in [0, 0.1) is 11.3 Å². The van der Waals surface area contributed by atoms with Gasteiger partial charge in [-0.05, 0) is 37.3 Å². The molecule has 1 N–H and O–H groups in total. The Labute approximate surface area is 165 Å². The molecule has 0 spiro atoms. The Bertz CT molecular complexity index is 978. The molecule has 7 nitrogen and oxygen atoms in total. The number of hydrogen-bond acceptors (Lipinski definition) is 5. The van der Waals surface area contributed by atoms with E-state index in [1.54, 1.807) is 61.5 Å². The van der Waals surface area contributed by atoms with Crippen LogP contribution in [-0.2, 0) is 14.8 Å². The maximum atomic E-state index is 12.7. The number of nitriles is 1. The maximum Gasteiger partial charge on any atom is 0.243 e. The number of carbonyl (C=O) groups excluding carboxylic acids is 1. The second-order valence-corrected chi connectivity index (χ2v) is 8.55. The molecular formula is C20H22N4O3S. The van der Waals surface area contributed by atoms with Crippen molar-refractivity contribution in [2.45, 2.75) is 17.9 Å². The first-order chi connectivity index (χ1) is 13.4. The summed E-state index contributed by atoms with van der Waals surface area (Å²) in [6.45, 7) is 3.40. The van der Waals surface area contributed by atoms with E-state index in [-0.39, 0.29) is 10.8 Å². The molecule has 0 bridgehead atoms. The van der Waals surface area contributed by atoms with Crippen molar-refractivity contribution in [1.29, 1.82) is 5.26 Å². The van der Waals surface area contributed by atoms with Crippen LogP contribution in [0.4, 0.5) is 5.69 Å². The fourth-order valence-electron chi connectivity index (χ4n) is 3.15. The summed E-state index contributed by atoms with van der Waals surface area (Å²) in [7, 11) is -3.51. The van der Waals surface area contributed by atoms with Gasteiger partial charge in [-0.15, -0.1) is 0 Å². The largest absolute Gasteiger partial charge is 0.325 e. The third kappa shape index (κ3) is 4.39. The molecule has 1 fully saturated rings. The second kappa shape index (κ2) is 8.52. The van der Waals surface area contributed by atoms with Gasteiger partial charge in [0.25, 0.3) is 0 Å². The molecule has 1 saturated heterocycles. The van der Waals surface area contributed by atoms with E-state index < -0.39 is 16.1 Å². The smallest absolute Gasteiger partial charge is 0.243 e. The maximum absolute atomic E-state index is 12.7. The van der Waals surface area contributed by atoms with E-state index in [1.807, 2.05) is 11.0 Å². The van der Waals surface area contributed by atoms with Gasteiger partial charge in [-0.2, -0.15) is 9.57 Å². The van der Waals surface area contributed by atoms with Crippen LogP contribution >= 0.6 is 0 Å². The summed E-state index contributed by atoms with van der Waals surface area (Å²) >= 11 is 0. The number of amides is 1. The molecule has 8 heteroatoms. The Morgan fingerprint density at radius 2 is 1.75 bits per heavy atom. The number of piperazine rings is 1. The van der Waals surface area contributed by atoms with Gasteiger partial charge >= 0.3 is 0 Å². The van der Waals surface area contributed by atoms with E-state index in [1.165, 1.54) is 4.31 Å². The first kappa shape index (κ1) is 20.0. The van der Waals surface area contributed by atoms with Gasteiger partial charge in [0, 0.05) is 31.9 Å².